The van der Waals surface area contributed by atoms with Crippen LogP contribution in [0.1, 0.15) is 92.2 Å². The molecule has 0 unspecified atom stereocenters. The molecule has 0 saturated heterocycles. The lowest BCUT2D eigenvalue weighted by molar-refractivity contribution is 0.444. The lowest BCUT2D eigenvalue weighted by atomic mass is 9.67. The van der Waals surface area contributed by atoms with Crippen LogP contribution in [-0.4, -0.2) is 0 Å². The second kappa shape index (κ2) is 14.6. The van der Waals surface area contributed by atoms with E-state index in [9.17, 15) is 0 Å². The van der Waals surface area contributed by atoms with Gasteiger partial charge >= 0.3 is 0 Å². The normalized spacial score (nSPS) is 14.9. The first-order valence-corrected chi connectivity index (χ1v) is 21.3. The molecule has 0 bridgehead atoms. The molecule has 0 radical (unpaired) electrons. The number of para-hydroxylation sites is 1. The quantitative estimate of drug-likeness (QED) is 0.157. The molecule has 1 heteroatoms. The maximum atomic E-state index is 2.63. The van der Waals surface area contributed by atoms with Crippen LogP contribution >= 0.6 is 0 Å². The molecule has 0 aromatic heterocycles. The van der Waals surface area contributed by atoms with E-state index in [1.54, 1.807) is 0 Å². The SMILES string of the molecule is CC(C)(C)c1ccccc1-c1cc2ccccc2cc1N(c1ccc2c(c1)C(c1ccccc1)(c1ccccc1)c1ccccc1-2)c1ccccc1C1CCCCC1. The zero-order valence-corrected chi connectivity index (χ0v) is 34.0. The Kier molecular flexibility index (Phi) is 9.13. The minimum Gasteiger partial charge on any atom is -0.310 e. The van der Waals surface area contributed by atoms with Crippen molar-refractivity contribution in [1.82, 2.24) is 0 Å². The zero-order chi connectivity index (χ0) is 39.3. The van der Waals surface area contributed by atoms with E-state index < -0.39 is 5.41 Å². The van der Waals surface area contributed by atoms with Gasteiger partial charge in [0, 0.05) is 16.9 Å². The van der Waals surface area contributed by atoms with Crippen molar-refractivity contribution in [2.24, 2.45) is 0 Å². The van der Waals surface area contributed by atoms with Crippen molar-refractivity contribution in [3.63, 3.8) is 0 Å². The van der Waals surface area contributed by atoms with Crippen molar-refractivity contribution in [2.45, 2.75) is 69.6 Å². The van der Waals surface area contributed by atoms with E-state index in [2.05, 4.69) is 214 Å². The van der Waals surface area contributed by atoms with Gasteiger partial charge in [-0.1, -0.05) is 198 Å². The largest absolute Gasteiger partial charge is 0.310 e. The fraction of sp³-hybridized carbons (Fsp3) is 0.193. The van der Waals surface area contributed by atoms with Crippen LogP contribution in [0.15, 0.2) is 188 Å². The number of benzene rings is 8. The van der Waals surface area contributed by atoms with Crippen LogP contribution in [0, 0.1) is 0 Å². The highest BCUT2D eigenvalue weighted by Crippen LogP contribution is 2.58. The first-order chi connectivity index (χ1) is 28.4. The Bertz CT molecular complexity index is 2710. The molecule has 0 aliphatic heterocycles. The summed E-state index contributed by atoms with van der Waals surface area (Å²) in [5.74, 6) is 0.518. The molecule has 2 aliphatic rings. The Balaban J connectivity index is 1.31. The van der Waals surface area contributed by atoms with Gasteiger partial charge in [0.2, 0.25) is 0 Å². The lowest BCUT2D eigenvalue weighted by Gasteiger charge is -2.36. The number of nitrogens with zero attached hydrogens (tertiary/aromatic N) is 1. The molecule has 10 rings (SSSR count). The molecule has 2 aliphatic carbocycles. The molecule has 1 fully saturated rings. The Labute approximate surface area is 344 Å². The third-order valence-corrected chi connectivity index (χ3v) is 13.1. The molecule has 0 spiro atoms. The van der Waals surface area contributed by atoms with E-state index >= 15 is 0 Å². The monoisotopic (exact) mass is 749 g/mol. The van der Waals surface area contributed by atoms with Crippen molar-refractivity contribution >= 4 is 27.8 Å². The van der Waals surface area contributed by atoms with Gasteiger partial charge in [0.15, 0.2) is 0 Å². The third-order valence-electron chi connectivity index (χ3n) is 13.1. The summed E-state index contributed by atoms with van der Waals surface area (Å²) >= 11 is 0. The van der Waals surface area contributed by atoms with Gasteiger partial charge in [-0.25, -0.2) is 0 Å². The summed E-state index contributed by atoms with van der Waals surface area (Å²) in [7, 11) is 0. The van der Waals surface area contributed by atoms with Crippen molar-refractivity contribution in [1.29, 1.82) is 0 Å². The maximum absolute atomic E-state index is 2.63. The van der Waals surface area contributed by atoms with E-state index in [0.29, 0.717) is 5.92 Å². The van der Waals surface area contributed by atoms with Gasteiger partial charge in [-0.05, 0) is 115 Å². The fourth-order valence-corrected chi connectivity index (χ4v) is 10.4. The summed E-state index contributed by atoms with van der Waals surface area (Å²) < 4.78 is 0. The summed E-state index contributed by atoms with van der Waals surface area (Å²) in [5.41, 5.74) is 16.3. The molecule has 58 heavy (non-hydrogen) atoms. The zero-order valence-electron chi connectivity index (χ0n) is 34.0. The van der Waals surface area contributed by atoms with Gasteiger partial charge in [0.25, 0.3) is 0 Å². The number of hydrogen-bond acceptors (Lipinski definition) is 1. The number of rotatable bonds is 7. The summed E-state index contributed by atoms with van der Waals surface area (Å²) in [6.45, 7) is 7.02. The fourth-order valence-electron chi connectivity index (χ4n) is 10.4. The Morgan fingerprint density at radius 3 is 1.72 bits per heavy atom. The minimum atomic E-state index is -0.496. The Hall–Kier alpha value is -6.18. The van der Waals surface area contributed by atoms with Crippen LogP contribution in [0.2, 0.25) is 0 Å². The molecule has 284 valence electrons. The molecule has 1 nitrogen and oxygen atoms in total. The molecule has 8 aromatic carbocycles. The standard InChI is InChI=1S/C57H51N/c1-56(2,3)51-32-18-15-31-48(51)50-37-41-23-13-14-24-42(41)38-55(50)58(54-34-20-17-29-46(54)40-21-7-4-8-22-40)45-35-36-49-47-30-16-19-33-52(47)57(53(49)39-45,43-25-9-5-10-26-43)44-27-11-6-12-28-44/h5-6,9-20,23-40H,4,7-8,21-22H2,1-3H3. The molecule has 0 amide bonds. The Morgan fingerprint density at radius 2 is 1.02 bits per heavy atom. The molecule has 0 heterocycles. The highest BCUT2D eigenvalue weighted by molar-refractivity contribution is 6.00. The van der Waals surface area contributed by atoms with Gasteiger partial charge in [-0.15, -0.1) is 0 Å². The number of hydrogen-bond donors (Lipinski definition) is 0. The highest BCUT2D eigenvalue weighted by Gasteiger charge is 2.46. The van der Waals surface area contributed by atoms with E-state index in [1.807, 2.05) is 0 Å². The molecular formula is C57H51N. The second-order valence-electron chi connectivity index (χ2n) is 17.5. The predicted octanol–water partition coefficient (Wildman–Crippen LogP) is 15.7. The molecule has 8 aromatic rings. The average molecular weight is 750 g/mol. The van der Waals surface area contributed by atoms with Crippen molar-refractivity contribution in [3.05, 3.63) is 221 Å². The van der Waals surface area contributed by atoms with Gasteiger partial charge in [-0.2, -0.15) is 0 Å². The van der Waals surface area contributed by atoms with Gasteiger partial charge in [0.1, 0.15) is 0 Å². The highest BCUT2D eigenvalue weighted by atomic mass is 15.1. The van der Waals surface area contributed by atoms with Gasteiger partial charge < -0.3 is 4.90 Å². The summed E-state index contributed by atoms with van der Waals surface area (Å²) in [6, 6.07) is 71.0. The smallest absolute Gasteiger partial charge is 0.0714 e. The topological polar surface area (TPSA) is 3.24 Å². The summed E-state index contributed by atoms with van der Waals surface area (Å²) in [5, 5.41) is 2.49. The van der Waals surface area contributed by atoms with Crippen LogP contribution in [-0.2, 0) is 10.8 Å². The van der Waals surface area contributed by atoms with Crippen LogP contribution in [0.3, 0.4) is 0 Å². The van der Waals surface area contributed by atoms with Gasteiger partial charge in [-0.3, -0.25) is 0 Å². The molecular weight excluding hydrogens is 699 g/mol. The predicted molar refractivity (Wildman–Crippen MR) is 246 cm³/mol. The Morgan fingerprint density at radius 1 is 0.448 bits per heavy atom. The number of anilines is 3. The van der Waals surface area contributed by atoms with Crippen LogP contribution < -0.4 is 4.90 Å². The van der Waals surface area contributed by atoms with Crippen LogP contribution in [0.25, 0.3) is 33.0 Å². The van der Waals surface area contributed by atoms with Crippen molar-refractivity contribution < 1.29 is 0 Å². The third kappa shape index (κ3) is 5.99. The van der Waals surface area contributed by atoms with Gasteiger partial charge in [0.05, 0.1) is 11.1 Å². The minimum absolute atomic E-state index is 0.0470. The summed E-state index contributed by atoms with van der Waals surface area (Å²) in [6.07, 6.45) is 6.35. The molecule has 1 saturated carbocycles. The first kappa shape index (κ1) is 36.2. The molecule has 0 atom stereocenters. The van der Waals surface area contributed by atoms with Crippen LogP contribution in [0.4, 0.5) is 17.1 Å². The van der Waals surface area contributed by atoms with E-state index in [4.69, 9.17) is 0 Å². The lowest BCUT2D eigenvalue weighted by Crippen LogP contribution is -2.28. The van der Waals surface area contributed by atoms with Crippen LogP contribution in [0.5, 0.6) is 0 Å². The molecule has 0 N–H and O–H groups in total. The second-order valence-corrected chi connectivity index (χ2v) is 17.5. The maximum Gasteiger partial charge on any atom is 0.0714 e. The first-order valence-electron chi connectivity index (χ1n) is 21.3. The van der Waals surface area contributed by atoms with E-state index in [-0.39, 0.29) is 5.41 Å². The average Bonchev–Trinajstić information content (AvgIpc) is 3.57. The van der Waals surface area contributed by atoms with E-state index in [0.717, 1.165) is 0 Å². The number of fused-ring (bicyclic) bond motifs is 4. The summed E-state index contributed by atoms with van der Waals surface area (Å²) in [4.78, 5) is 2.63. The van der Waals surface area contributed by atoms with Crippen molar-refractivity contribution in [2.75, 3.05) is 4.90 Å². The van der Waals surface area contributed by atoms with Crippen molar-refractivity contribution in [3.8, 4) is 22.3 Å². The van der Waals surface area contributed by atoms with E-state index in [1.165, 1.54) is 116 Å².